The molecule has 3 N–H and O–H groups in total. The SMILES string of the molecule is CN(C1CCC(O)(CN)CC1)C(C)(C)C. The van der Waals surface area contributed by atoms with Gasteiger partial charge in [-0.15, -0.1) is 0 Å². The van der Waals surface area contributed by atoms with Crippen LogP contribution in [0.1, 0.15) is 46.5 Å². The summed E-state index contributed by atoms with van der Waals surface area (Å²) in [6.45, 7) is 7.10. The molecule has 1 saturated carbocycles. The summed E-state index contributed by atoms with van der Waals surface area (Å²) < 4.78 is 0. The van der Waals surface area contributed by atoms with Crippen molar-refractivity contribution in [2.45, 2.75) is 63.6 Å². The van der Waals surface area contributed by atoms with E-state index >= 15 is 0 Å². The molecule has 0 unspecified atom stereocenters. The van der Waals surface area contributed by atoms with Gasteiger partial charge in [-0.1, -0.05) is 0 Å². The van der Waals surface area contributed by atoms with Crippen LogP contribution in [-0.2, 0) is 0 Å². The first kappa shape index (κ1) is 12.9. The smallest absolute Gasteiger partial charge is 0.0770 e. The van der Waals surface area contributed by atoms with Gasteiger partial charge in [0, 0.05) is 18.1 Å². The van der Waals surface area contributed by atoms with Crippen molar-refractivity contribution in [2.75, 3.05) is 13.6 Å². The van der Waals surface area contributed by atoms with Crippen LogP contribution in [0.5, 0.6) is 0 Å². The molecule has 0 heterocycles. The molecule has 0 atom stereocenters. The van der Waals surface area contributed by atoms with Crippen molar-refractivity contribution in [1.82, 2.24) is 4.90 Å². The van der Waals surface area contributed by atoms with Crippen molar-refractivity contribution in [3.05, 3.63) is 0 Å². The fourth-order valence-electron chi connectivity index (χ4n) is 2.28. The Morgan fingerprint density at radius 3 is 2.13 bits per heavy atom. The standard InChI is InChI=1S/C12H26N2O/c1-11(2,3)14(4)10-5-7-12(15,9-13)8-6-10/h10,15H,5-9,13H2,1-4H3. The Morgan fingerprint density at radius 1 is 1.33 bits per heavy atom. The summed E-state index contributed by atoms with van der Waals surface area (Å²) in [5, 5.41) is 10.0. The van der Waals surface area contributed by atoms with Gasteiger partial charge in [-0.25, -0.2) is 0 Å². The molecule has 3 nitrogen and oxygen atoms in total. The van der Waals surface area contributed by atoms with Crippen molar-refractivity contribution >= 4 is 0 Å². The van der Waals surface area contributed by atoms with Crippen molar-refractivity contribution in [3.8, 4) is 0 Å². The zero-order chi connectivity index (χ0) is 11.7. The van der Waals surface area contributed by atoms with Gasteiger partial charge in [0.15, 0.2) is 0 Å². The van der Waals surface area contributed by atoms with Gasteiger partial charge in [0.25, 0.3) is 0 Å². The third-order valence-corrected chi connectivity index (χ3v) is 3.87. The summed E-state index contributed by atoms with van der Waals surface area (Å²) in [5.41, 5.74) is 5.20. The van der Waals surface area contributed by atoms with E-state index in [4.69, 9.17) is 5.73 Å². The zero-order valence-corrected chi connectivity index (χ0v) is 10.6. The summed E-state index contributed by atoms with van der Waals surface area (Å²) in [4.78, 5) is 2.42. The lowest BCUT2D eigenvalue weighted by Crippen LogP contribution is -2.51. The van der Waals surface area contributed by atoms with Gasteiger partial charge in [-0.3, -0.25) is 4.90 Å². The third-order valence-electron chi connectivity index (χ3n) is 3.87. The Morgan fingerprint density at radius 2 is 1.80 bits per heavy atom. The monoisotopic (exact) mass is 214 g/mol. The van der Waals surface area contributed by atoms with E-state index in [-0.39, 0.29) is 5.54 Å². The zero-order valence-electron chi connectivity index (χ0n) is 10.6. The molecular formula is C12H26N2O. The quantitative estimate of drug-likeness (QED) is 0.729. The average molecular weight is 214 g/mol. The van der Waals surface area contributed by atoms with Gasteiger partial charge < -0.3 is 10.8 Å². The van der Waals surface area contributed by atoms with Crippen LogP contribution in [0.15, 0.2) is 0 Å². The predicted octanol–water partition coefficient (Wildman–Crippen LogP) is 1.35. The molecule has 0 saturated heterocycles. The van der Waals surface area contributed by atoms with Crippen molar-refractivity contribution < 1.29 is 5.11 Å². The maximum absolute atomic E-state index is 10.0. The van der Waals surface area contributed by atoms with E-state index in [2.05, 4.69) is 32.7 Å². The number of nitrogens with zero attached hydrogens (tertiary/aromatic N) is 1. The van der Waals surface area contributed by atoms with Crippen molar-refractivity contribution in [1.29, 1.82) is 0 Å². The van der Waals surface area contributed by atoms with E-state index in [9.17, 15) is 5.11 Å². The molecule has 0 aromatic carbocycles. The van der Waals surface area contributed by atoms with Gasteiger partial charge in [0.05, 0.1) is 5.60 Å². The van der Waals surface area contributed by atoms with Gasteiger partial charge >= 0.3 is 0 Å². The first-order chi connectivity index (χ1) is 6.78. The molecule has 0 amide bonds. The highest BCUT2D eigenvalue weighted by atomic mass is 16.3. The Hall–Kier alpha value is -0.120. The van der Waals surface area contributed by atoms with E-state index in [1.165, 1.54) is 0 Å². The first-order valence-corrected chi connectivity index (χ1v) is 5.94. The highest BCUT2D eigenvalue weighted by molar-refractivity contribution is 4.91. The second-order valence-electron chi connectivity index (χ2n) is 5.94. The number of rotatable bonds is 2. The van der Waals surface area contributed by atoms with Crippen LogP contribution < -0.4 is 5.73 Å². The fourth-order valence-corrected chi connectivity index (χ4v) is 2.28. The van der Waals surface area contributed by atoms with E-state index in [1.807, 2.05) is 0 Å². The molecule has 1 rings (SSSR count). The lowest BCUT2D eigenvalue weighted by Gasteiger charge is -2.44. The lowest BCUT2D eigenvalue weighted by molar-refractivity contribution is -0.0226. The maximum Gasteiger partial charge on any atom is 0.0770 e. The van der Waals surface area contributed by atoms with Crippen LogP contribution in [0.25, 0.3) is 0 Å². The summed E-state index contributed by atoms with van der Waals surface area (Å²) in [7, 11) is 2.18. The second kappa shape index (κ2) is 4.40. The average Bonchev–Trinajstić information content (AvgIpc) is 2.17. The van der Waals surface area contributed by atoms with Gasteiger partial charge in [0.1, 0.15) is 0 Å². The minimum absolute atomic E-state index is 0.211. The second-order valence-corrected chi connectivity index (χ2v) is 5.94. The molecule has 90 valence electrons. The molecule has 0 spiro atoms. The van der Waals surface area contributed by atoms with Crippen LogP contribution in [0.3, 0.4) is 0 Å². The van der Waals surface area contributed by atoms with E-state index in [0.29, 0.717) is 12.6 Å². The number of nitrogens with two attached hydrogens (primary N) is 1. The summed E-state index contributed by atoms with van der Waals surface area (Å²) in [5.74, 6) is 0. The minimum atomic E-state index is -0.588. The Kier molecular flexibility index (Phi) is 3.80. The molecule has 0 radical (unpaired) electrons. The van der Waals surface area contributed by atoms with E-state index < -0.39 is 5.60 Å². The minimum Gasteiger partial charge on any atom is -0.389 e. The molecule has 0 bridgehead atoms. The molecule has 1 aliphatic carbocycles. The Balaban J connectivity index is 2.51. The van der Waals surface area contributed by atoms with Gasteiger partial charge in [0.2, 0.25) is 0 Å². The predicted molar refractivity (Wildman–Crippen MR) is 63.8 cm³/mol. The topological polar surface area (TPSA) is 49.5 Å². The molecule has 1 aliphatic rings. The van der Waals surface area contributed by atoms with Crippen LogP contribution in [-0.4, -0.2) is 40.8 Å². The van der Waals surface area contributed by atoms with Crippen LogP contribution in [0.4, 0.5) is 0 Å². The normalized spacial score (nSPS) is 33.4. The maximum atomic E-state index is 10.0. The highest BCUT2D eigenvalue weighted by Gasteiger charge is 2.35. The summed E-state index contributed by atoms with van der Waals surface area (Å²) >= 11 is 0. The molecule has 15 heavy (non-hydrogen) atoms. The summed E-state index contributed by atoms with van der Waals surface area (Å²) in [6.07, 6.45) is 3.80. The van der Waals surface area contributed by atoms with Gasteiger partial charge in [-0.05, 0) is 53.5 Å². The Bertz CT molecular complexity index is 202. The summed E-state index contributed by atoms with van der Waals surface area (Å²) in [6, 6.07) is 0.594. The number of aliphatic hydroxyl groups is 1. The molecule has 3 heteroatoms. The van der Waals surface area contributed by atoms with E-state index in [1.54, 1.807) is 0 Å². The molecule has 0 aromatic rings. The lowest BCUT2D eigenvalue weighted by atomic mass is 9.81. The van der Waals surface area contributed by atoms with Crippen LogP contribution in [0, 0.1) is 0 Å². The largest absolute Gasteiger partial charge is 0.389 e. The van der Waals surface area contributed by atoms with Crippen LogP contribution in [0.2, 0.25) is 0 Å². The Labute approximate surface area is 93.6 Å². The molecular weight excluding hydrogens is 188 g/mol. The van der Waals surface area contributed by atoms with Crippen molar-refractivity contribution in [2.24, 2.45) is 5.73 Å². The molecule has 0 aromatic heterocycles. The van der Waals surface area contributed by atoms with Crippen LogP contribution >= 0.6 is 0 Å². The molecule has 0 aliphatic heterocycles. The molecule has 1 fully saturated rings. The highest BCUT2D eigenvalue weighted by Crippen LogP contribution is 2.32. The van der Waals surface area contributed by atoms with Gasteiger partial charge in [-0.2, -0.15) is 0 Å². The number of hydrogen-bond acceptors (Lipinski definition) is 3. The van der Waals surface area contributed by atoms with E-state index in [0.717, 1.165) is 25.7 Å². The fraction of sp³-hybridized carbons (Fsp3) is 1.00. The van der Waals surface area contributed by atoms with Crippen molar-refractivity contribution in [3.63, 3.8) is 0 Å². The number of hydrogen-bond donors (Lipinski definition) is 2. The third kappa shape index (κ3) is 3.16. The first-order valence-electron chi connectivity index (χ1n) is 5.94.